The minimum Gasteiger partial charge on any atom is -0.306 e. The maximum Gasteiger partial charge on any atom is 0.261 e. The average molecular weight is 376 g/mol. The molecule has 1 aliphatic carbocycles. The van der Waals surface area contributed by atoms with E-state index < -0.39 is 10.1 Å². The fraction of sp³-hybridized carbons (Fsp3) is 0.667. The maximum atomic E-state index is 9.19. The average Bonchev–Trinajstić information content (AvgIpc) is 2.36. The molecule has 0 spiro atoms. The SMILES string of the molecule is CC(C)CC(N(C)C)C1(c2ccc(Cl)cc2)CCC1.CS(=O)(=O)O. The maximum absolute atomic E-state index is 9.19. The summed E-state index contributed by atoms with van der Waals surface area (Å²) in [7, 11) is 0.784. The Morgan fingerprint density at radius 1 is 1.21 bits per heavy atom. The first-order valence-electron chi connectivity index (χ1n) is 8.30. The van der Waals surface area contributed by atoms with Crippen molar-refractivity contribution in [3.8, 4) is 0 Å². The number of benzene rings is 1. The van der Waals surface area contributed by atoms with Gasteiger partial charge in [0.15, 0.2) is 0 Å². The Balaban J connectivity index is 0.000000505. The Morgan fingerprint density at radius 2 is 1.67 bits per heavy atom. The van der Waals surface area contributed by atoms with E-state index >= 15 is 0 Å². The molecule has 1 fully saturated rings. The number of rotatable bonds is 5. The number of likely N-dealkylation sites (N-methyl/N-ethyl adjacent to an activating group) is 1. The first-order chi connectivity index (χ1) is 11.0. The van der Waals surface area contributed by atoms with Crippen LogP contribution in [-0.4, -0.2) is 44.3 Å². The van der Waals surface area contributed by atoms with Crippen molar-refractivity contribution in [2.45, 2.75) is 51.0 Å². The lowest BCUT2D eigenvalue weighted by Crippen LogP contribution is -2.52. The first-order valence-corrected chi connectivity index (χ1v) is 10.5. The molecule has 0 aliphatic heterocycles. The van der Waals surface area contributed by atoms with Crippen LogP contribution in [0, 0.1) is 5.92 Å². The first kappa shape index (κ1) is 21.4. The van der Waals surface area contributed by atoms with Crippen molar-refractivity contribution in [2.24, 2.45) is 5.92 Å². The molecule has 0 radical (unpaired) electrons. The molecule has 0 bridgehead atoms. The third-order valence-electron chi connectivity index (χ3n) is 4.62. The minimum absolute atomic E-state index is 0.346. The molecule has 2 rings (SSSR count). The summed E-state index contributed by atoms with van der Waals surface area (Å²) in [5.41, 5.74) is 1.82. The van der Waals surface area contributed by atoms with Gasteiger partial charge < -0.3 is 4.90 Å². The van der Waals surface area contributed by atoms with Crippen molar-refractivity contribution in [3.05, 3.63) is 34.9 Å². The van der Waals surface area contributed by atoms with Gasteiger partial charge in [-0.1, -0.05) is 44.0 Å². The predicted octanol–water partition coefficient (Wildman–Crippen LogP) is 4.24. The highest BCUT2D eigenvalue weighted by atomic mass is 35.5. The summed E-state index contributed by atoms with van der Waals surface area (Å²) in [6.45, 7) is 4.65. The zero-order valence-electron chi connectivity index (χ0n) is 15.3. The van der Waals surface area contributed by atoms with Crippen molar-refractivity contribution < 1.29 is 13.0 Å². The van der Waals surface area contributed by atoms with Crippen LogP contribution < -0.4 is 0 Å². The number of nitrogens with zero attached hydrogens (tertiary/aromatic N) is 1. The second-order valence-corrected chi connectivity index (χ2v) is 9.26. The number of halogens is 1. The van der Waals surface area contributed by atoms with E-state index in [1.807, 2.05) is 12.1 Å². The third-order valence-corrected chi connectivity index (χ3v) is 4.87. The van der Waals surface area contributed by atoms with Crippen molar-refractivity contribution in [2.75, 3.05) is 20.4 Å². The second-order valence-electron chi connectivity index (χ2n) is 7.36. The zero-order valence-corrected chi connectivity index (χ0v) is 16.9. The molecule has 24 heavy (non-hydrogen) atoms. The lowest BCUT2D eigenvalue weighted by molar-refractivity contribution is 0.0808. The summed E-state index contributed by atoms with van der Waals surface area (Å²) in [5, 5.41) is 0.837. The zero-order chi connectivity index (χ0) is 18.5. The topological polar surface area (TPSA) is 57.6 Å². The molecule has 0 aromatic heterocycles. The monoisotopic (exact) mass is 375 g/mol. The van der Waals surface area contributed by atoms with E-state index in [-0.39, 0.29) is 0 Å². The van der Waals surface area contributed by atoms with Gasteiger partial charge in [0.2, 0.25) is 0 Å². The Morgan fingerprint density at radius 3 is 1.96 bits per heavy atom. The standard InChI is InChI=1S/C17H26ClN.CH4O3S/c1-13(2)12-16(19(3)4)17(10-5-11-17)14-6-8-15(18)9-7-14;1-5(2,3)4/h6-9,13,16H,5,10-12H2,1-4H3;1H3,(H,2,3,4). The van der Waals surface area contributed by atoms with E-state index in [1.165, 1.54) is 31.2 Å². The van der Waals surface area contributed by atoms with E-state index in [4.69, 9.17) is 16.2 Å². The van der Waals surface area contributed by atoms with E-state index in [2.05, 4.69) is 45.0 Å². The van der Waals surface area contributed by atoms with Gasteiger partial charge in [0.25, 0.3) is 10.1 Å². The Hall–Kier alpha value is -0.620. The van der Waals surface area contributed by atoms with Gasteiger partial charge in [-0.2, -0.15) is 8.42 Å². The van der Waals surface area contributed by atoms with Gasteiger partial charge in [0.05, 0.1) is 6.26 Å². The van der Waals surface area contributed by atoms with Crippen LogP contribution in [0.4, 0.5) is 0 Å². The molecule has 0 amide bonds. The summed E-state index contributed by atoms with van der Waals surface area (Å²) < 4.78 is 25.9. The minimum atomic E-state index is -3.67. The number of hydrogen-bond donors (Lipinski definition) is 1. The lowest BCUT2D eigenvalue weighted by Gasteiger charge is -2.51. The normalized spacial score (nSPS) is 17.9. The molecule has 138 valence electrons. The fourth-order valence-corrected chi connectivity index (χ4v) is 3.66. The largest absolute Gasteiger partial charge is 0.306 e. The molecule has 0 saturated heterocycles. The van der Waals surface area contributed by atoms with Crippen molar-refractivity contribution in [3.63, 3.8) is 0 Å². The van der Waals surface area contributed by atoms with E-state index in [1.54, 1.807) is 0 Å². The molecule has 1 N–H and O–H groups in total. The molecule has 0 heterocycles. The summed E-state index contributed by atoms with van der Waals surface area (Å²) in [6, 6.07) is 9.18. The lowest BCUT2D eigenvalue weighted by atomic mass is 9.58. The third kappa shape index (κ3) is 6.36. The predicted molar refractivity (Wildman–Crippen MR) is 101 cm³/mol. The Bertz CT molecular complexity index is 600. The molecule has 1 aromatic carbocycles. The number of hydrogen-bond acceptors (Lipinski definition) is 3. The van der Waals surface area contributed by atoms with Crippen LogP contribution in [-0.2, 0) is 15.5 Å². The van der Waals surface area contributed by atoms with Crippen LogP contribution in [0.1, 0.15) is 45.1 Å². The van der Waals surface area contributed by atoms with Crippen LogP contribution >= 0.6 is 11.6 Å². The second kappa shape index (κ2) is 8.65. The van der Waals surface area contributed by atoms with Gasteiger partial charge in [-0.05, 0) is 57.0 Å². The molecule has 1 saturated carbocycles. The van der Waals surface area contributed by atoms with Gasteiger partial charge in [-0.15, -0.1) is 0 Å². The molecule has 6 heteroatoms. The smallest absolute Gasteiger partial charge is 0.261 e. The summed E-state index contributed by atoms with van der Waals surface area (Å²) in [6.07, 6.45) is 5.95. The molecule has 1 aromatic rings. The van der Waals surface area contributed by atoms with Gasteiger partial charge in [0, 0.05) is 16.5 Å². The van der Waals surface area contributed by atoms with Crippen LogP contribution in [0.5, 0.6) is 0 Å². The van der Waals surface area contributed by atoms with Crippen LogP contribution in [0.15, 0.2) is 24.3 Å². The van der Waals surface area contributed by atoms with Gasteiger partial charge in [-0.3, -0.25) is 4.55 Å². The van der Waals surface area contributed by atoms with Crippen molar-refractivity contribution in [1.82, 2.24) is 4.90 Å². The van der Waals surface area contributed by atoms with E-state index in [0.29, 0.717) is 17.7 Å². The van der Waals surface area contributed by atoms with Crippen LogP contribution in [0.3, 0.4) is 0 Å². The van der Waals surface area contributed by atoms with E-state index in [0.717, 1.165) is 10.9 Å². The van der Waals surface area contributed by atoms with Crippen LogP contribution in [0.2, 0.25) is 5.02 Å². The molecule has 4 nitrogen and oxygen atoms in total. The van der Waals surface area contributed by atoms with Gasteiger partial charge >= 0.3 is 0 Å². The van der Waals surface area contributed by atoms with Gasteiger partial charge in [-0.25, -0.2) is 0 Å². The highest BCUT2D eigenvalue weighted by Crippen LogP contribution is 2.49. The van der Waals surface area contributed by atoms with Crippen molar-refractivity contribution in [1.29, 1.82) is 0 Å². The van der Waals surface area contributed by atoms with Crippen molar-refractivity contribution >= 4 is 21.7 Å². The molecular weight excluding hydrogens is 346 g/mol. The quantitative estimate of drug-likeness (QED) is 0.782. The van der Waals surface area contributed by atoms with E-state index in [9.17, 15) is 8.42 Å². The summed E-state index contributed by atoms with van der Waals surface area (Å²) in [4.78, 5) is 2.42. The summed E-state index contributed by atoms with van der Waals surface area (Å²) in [5.74, 6) is 0.733. The molecular formula is C18H30ClNO3S. The Kier molecular flexibility index (Phi) is 7.73. The molecule has 1 atom stereocenters. The van der Waals surface area contributed by atoms with Crippen LogP contribution in [0.25, 0.3) is 0 Å². The highest BCUT2D eigenvalue weighted by molar-refractivity contribution is 7.85. The summed E-state index contributed by atoms with van der Waals surface area (Å²) >= 11 is 6.04. The Labute approximate surface area is 152 Å². The molecule has 1 unspecified atom stereocenters. The fourth-order valence-electron chi connectivity index (χ4n) is 3.53. The van der Waals surface area contributed by atoms with Gasteiger partial charge in [0.1, 0.15) is 0 Å². The highest BCUT2D eigenvalue weighted by Gasteiger charge is 2.46. The molecule has 1 aliphatic rings.